The Bertz CT molecular complexity index is 348. The lowest BCUT2D eigenvalue weighted by molar-refractivity contribution is -0.338. The van der Waals surface area contributed by atoms with Crippen LogP contribution in [0.5, 0.6) is 0 Å². The van der Waals surface area contributed by atoms with Gasteiger partial charge in [0, 0.05) is 6.92 Å². The van der Waals surface area contributed by atoms with E-state index in [-0.39, 0.29) is 7.43 Å². The summed E-state index contributed by atoms with van der Waals surface area (Å²) in [6.45, 7) is 3.02. The van der Waals surface area contributed by atoms with Crippen LogP contribution in [0.1, 0.15) is 14.4 Å². The lowest BCUT2D eigenvalue weighted by atomic mass is 10.3. The summed E-state index contributed by atoms with van der Waals surface area (Å²) in [6, 6.07) is -3.98. The second-order valence-electron chi connectivity index (χ2n) is 2.63. The maximum absolute atomic E-state index is 12.0. The molecule has 0 fully saturated rings. The normalized spacial score (nSPS) is 16.4. The molecule has 0 unspecified atom stereocenters. The van der Waals surface area contributed by atoms with Crippen LogP contribution < -0.4 is 0 Å². The van der Waals surface area contributed by atoms with Crippen LogP contribution in [0.4, 0.5) is 30.7 Å². The fourth-order valence-corrected chi connectivity index (χ4v) is 0.559. The molecule has 1 aliphatic rings. The van der Waals surface area contributed by atoms with E-state index in [0.717, 1.165) is 0 Å². The van der Waals surface area contributed by atoms with E-state index in [4.69, 9.17) is 0 Å². The fraction of sp³-hybridized carbons (Fsp3) is 0.444. The average molecular weight is 282 g/mol. The molecule has 0 atom stereocenters. The van der Waals surface area contributed by atoms with Crippen molar-refractivity contribution in [3.05, 3.63) is 30.4 Å². The van der Waals surface area contributed by atoms with Crippen molar-refractivity contribution in [2.24, 2.45) is 0 Å². The van der Waals surface area contributed by atoms with Crippen LogP contribution in [0, 0.1) is 0 Å². The van der Waals surface area contributed by atoms with Crippen molar-refractivity contribution in [3.63, 3.8) is 0 Å². The molecule has 0 spiro atoms. The lowest BCUT2D eigenvalue weighted by Crippen LogP contribution is -2.43. The molecule has 106 valence electrons. The second-order valence-corrected chi connectivity index (χ2v) is 2.63. The molecule has 2 nitrogen and oxygen atoms in total. The Labute approximate surface area is 98.0 Å². The van der Waals surface area contributed by atoms with Crippen molar-refractivity contribution in [1.82, 2.24) is 0 Å². The molecular formula is C9H9F7O2. The smallest absolute Gasteiger partial charge is 0.414 e. The fourth-order valence-electron chi connectivity index (χ4n) is 0.559. The molecule has 0 aromatic heterocycles. The van der Waals surface area contributed by atoms with Crippen LogP contribution in [0.15, 0.2) is 30.4 Å². The van der Waals surface area contributed by atoms with Crippen LogP contribution in [-0.4, -0.2) is 12.0 Å². The van der Waals surface area contributed by atoms with Crippen LogP contribution in [0.2, 0.25) is 0 Å². The Hall–Kier alpha value is -1.63. The van der Waals surface area contributed by atoms with Gasteiger partial charge in [-0.25, -0.2) is 0 Å². The van der Waals surface area contributed by atoms with Gasteiger partial charge < -0.3 is 9.47 Å². The lowest BCUT2D eigenvalue weighted by Gasteiger charge is -2.24. The van der Waals surface area contributed by atoms with Crippen molar-refractivity contribution in [2.75, 3.05) is 0 Å². The Balaban J connectivity index is 0. The van der Waals surface area contributed by atoms with Gasteiger partial charge in [0.15, 0.2) is 0 Å². The number of hydrogen-bond acceptors (Lipinski definition) is 2. The maximum atomic E-state index is 12.0. The van der Waals surface area contributed by atoms with Gasteiger partial charge in [-0.3, -0.25) is 0 Å². The summed E-state index contributed by atoms with van der Waals surface area (Å²) >= 11 is 0. The first-order valence-electron chi connectivity index (χ1n) is 3.74. The highest BCUT2D eigenvalue weighted by atomic mass is 19.4. The zero-order valence-corrected chi connectivity index (χ0v) is 8.17. The molecule has 0 aromatic rings. The first-order valence-corrected chi connectivity index (χ1v) is 3.74. The Morgan fingerprint density at radius 1 is 1.17 bits per heavy atom. The second kappa shape index (κ2) is 6.34. The maximum Gasteiger partial charge on any atom is 0.467 e. The van der Waals surface area contributed by atoms with Gasteiger partial charge in [-0.05, 0) is 0 Å². The molecule has 0 aliphatic carbocycles. The Morgan fingerprint density at radius 3 is 1.56 bits per heavy atom. The minimum atomic E-state index is -4.99. The van der Waals surface area contributed by atoms with Gasteiger partial charge in [-0.1, -0.05) is 19.7 Å². The summed E-state index contributed by atoms with van der Waals surface area (Å²) in [6.07, 6.45) is -6.84. The first-order chi connectivity index (χ1) is 7.53. The van der Waals surface area contributed by atoms with E-state index in [1.54, 1.807) is 0 Å². The topological polar surface area (TPSA) is 18.5 Å². The van der Waals surface area contributed by atoms with Crippen LogP contribution in [0.25, 0.3) is 0 Å². The van der Waals surface area contributed by atoms with Gasteiger partial charge in [0.1, 0.15) is 0 Å². The Kier molecular flexibility index (Phi) is 6.60. The van der Waals surface area contributed by atoms with Crippen molar-refractivity contribution < 1.29 is 40.2 Å². The summed E-state index contributed by atoms with van der Waals surface area (Å²) in [7, 11) is 0. The predicted octanol–water partition coefficient (Wildman–Crippen LogP) is 4.57. The largest absolute Gasteiger partial charge is 0.467 e. The molecule has 18 heavy (non-hydrogen) atoms. The van der Waals surface area contributed by atoms with Crippen molar-refractivity contribution in [3.8, 4) is 0 Å². The zero-order valence-electron chi connectivity index (χ0n) is 8.17. The average Bonchev–Trinajstić information content (AvgIpc) is 2.42. The van der Waals surface area contributed by atoms with Gasteiger partial charge in [-0.2, -0.15) is 30.7 Å². The van der Waals surface area contributed by atoms with E-state index < -0.39 is 30.1 Å². The number of alkyl halides is 3. The van der Waals surface area contributed by atoms with Gasteiger partial charge in [0.25, 0.3) is 0 Å². The molecule has 0 radical (unpaired) electrons. The minimum absolute atomic E-state index is 0. The van der Waals surface area contributed by atoms with Gasteiger partial charge >= 0.3 is 30.1 Å². The number of ether oxygens (including phenoxy) is 2. The van der Waals surface area contributed by atoms with E-state index in [9.17, 15) is 30.7 Å². The molecule has 0 N–H and O–H groups in total. The van der Waals surface area contributed by atoms with E-state index in [1.165, 1.54) is 5.73 Å². The molecule has 0 bridgehead atoms. The molecule has 1 rings (SSSR count). The summed E-state index contributed by atoms with van der Waals surface area (Å²) in [5, 5.41) is 0. The molecule has 9 heteroatoms. The van der Waals surface area contributed by atoms with Crippen LogP contribution in [0.3, 0.4) is 0 Å². The van der Waals surface area contributed by atoms with E-state index >= 15 is 0 Å². The highest BCUT2D eigenvalue weighted by Crippen LogP contribution is 2.43. The number of halogens is 7. The first kappa shape index (κ1) is 18.7. The quantitative estimate of drug-likeness (QED) is 0.479. The number of hydrogen-bond donors (Lipinski definition) is 0. The van der Waals surface area contributed by atoms with Gasteiger partial charge in [-0.15, -0.1) is 0 Å². The third-order valence-electron chi connectivity index (χ3n) is 1.37. The molecule has 0 aromatic carbocycles. The SMILES string of the molecule is C.C=C=C(F)F.CC1(C(F)(F)F)OC(F)=C(F)O1. The molecule has 0 saturated heterocycles. The van der Waals surface area contributed by atoms with Crippen LogP contribution in [-0.2, 0) is 9.47 Å². The monoisotopic (exact) mass is 282 g/mol. The molecular weight excluding hydrogens is 273 g/mol. The Morgan fingerprint density at radius 2 is 1.44 bits per heavy atom. The molecule has 0 amide bonds. The minimum Gasteiger partial charge on any atom is -0.414 e. The summed E-state index contributed by atoms with van der Waals surface area (Å²) in [4.78, 5) is 0. The van der Waals surface area contributed by atoms with E-state index in [2.05, 4.69) is 16.1 Å². The molecule has 0 saturated carbocycles. The highest BCUT2D eigenvalue weighted by molar-refractivity contribution is 4.96. The highest BCUT2D eigenvalue weighted by Gasteiger charge is 2.61. The van der Waals surface area contributed by atoms with Crippen molar-refractivity contribution in [2.45, 2.75) is 26.3 Å². The van der Waals surface area contributed by atoms with Gasteiger partial charge in [0.2, 0.25) is 0 Å². The standard InChI is InChI=1S/C5H3F5O2.C3H2F2.CH4/c1-4(5(8,9)10)11-2(6)3(7)12-4;1-2-3(4)5;/h1H3;1H2;1H4. The number of rotatable bonds is 0. The van der Waals surface area contributed by atoms with Crippen molar-refractivity contribution in [1.29, 1.82) is 0 Å². The zero-order chi connectivity index (χ0) is 13.9. The summed E-state index contributed by atoms with van der Waals surface area (Å²) in [5.74, 6) is -3.25. The molecule has 1 heterocycles. The van der Waals surface area contributed by atoms with E-state index in [0.29, 0.717) is 6.92 Å². The third-order valence-corrected chi connectivity index (χ3v) is 1.37. The summed E-state index contributed by atoms with van der Waals surface area (Å²) < 4.78 is 87.7. The van der Waals surface area contributed by atoms with E-state index in [1.807, 2.05) is 0 Å². The van der Waals surface area contributed by atoms with Crippen molar-refractivity contribution >= 4 is 0 Å². The predicted molar refractivity (Wildman–Crippen MR) is 47.5 cm³/mol. The third kappa shape index (κ3) is 4.70. The van der Waals surface area contributed by atoms with Gasteiger partial charge in [0.05, 0.1) is 0 Å². The molecule has 1 aliphatic heterocycles. The van der Waals surface area contributed by atoms with Crippen LogP contribution >= 0.6 is 0 Å². The summed E-state index contributed by atoms with van der Waals surface area (Å²) in [5.41, 5.74) is 1.36.